The highest BCUT2D eigenvalue weighted by molar-refractivity contribution is 5.43. The van der Waals surface area contributed by atoms with Gasteiger partial charge in [0.15, 0.2) is 0 Å². The predicted molar refractivity (Wildman–Crippen MR) is 72.3 cm³/mol. The highest BCUT2D eigenvalue weighted by atomic mass is 16.6. The summed E-state index contributed by atoms with van der Waals surface area (Å²) in [4.78, 5) is 10.5. The molecule has 0 aliphatic carbocycles. The lowest BCUT2D eigenvalue weighted by Gasteiger charge is -2.25. The van der Waals surface area contributed by atoms with Crippen molar-refractivity contribution in [1.82, 2.24) is 5.32 Å². The van der Waals surface area contributed by atoms with Crippen LogP contribution in [0.4, 0.5) is 5.69 Å². The number of rotatable bonds is 4. The number of hydrogen-bond donors (Lipinski definition) is 1. The number of nitrogens with one attached hydrogen (secondary N) is 1. The van der Waals surface area contributed by atoms with E-state index in [0.717, 1.165) is 5.56 Å². The Morgan fingerprint density at radius 2 is 2.11 bits per heavy atom. The number of aryl methyl sites for hydroxylation is 1. The Morgan fingerprint density at radius 3 is 2.61 bits per heavy atom. The molecule has 0 aromatic heterocycles. The highest BCUT2D eigenvalue weighted by Gasteiger charge is 2.20. The van der Waals surface area contributed by atoms with Crippen LogP contribution in [-0.2, 0) is 0 Å². The van der Waals surface area contributed by atoms with E-state index < -0.39 is 5.54 Å². The van der Waals surface area contributed by atoms with E-state index in [9.17, 15) is 10.1 Å². The number of terminal acetylenes is 1. The van der Waals surface area contributed by atoms with Crippen molar-refractivity contribution in [3.63, 3.8) is 0 Å². The molecule has 0 aliphatic heterocycles. The third-order valence-corrected chi connectivity index (χ3v) is 2.87. The summed E-state index contributed by atoms with van der Waals surface area (Å²) in [6.45, 7) is 7.46. The zero-order valence-corrected chi connectivity index (χ0v) is 11.2. The van der Waals surface area contributed by atoms with Gasteiger partial charge >= 0.3 is 0 Å². The van der Waals surface area contributed by atoms with Crippen molar-refractivity contribution in [2.45, 2.75) is 39.3 Å². The van der Waals surface area contributed by atoms with Crippen LogP contribution in [0, 0.1) is 29.4 Å². The fourth-order valence-electron chi connectivity index (χ4n) is 1.76. The lowest BCUT2D eigenvalue weighted by Crippen LogP contribution is -2.39. The summed E-state index contributed by atoms with van der Waals surface area (Å²) in [6, 6.07) is 5.19. The van der Waals surface area contributed by atoms with Gasteiger partial charge in [-0.3, -0.25) is 15.4 Å². The van der Waals surface area contributed by atoms with Crippen molar-refractivity contribution in [2.75, 3.05) is 0 Å². The van der Waals surface area contributed by atoms with Gasteiger partial charge in [-0.2, -0.15) is 0 Å². The van der Waals surface area contributed by atoms with Gasteiger partial charge in [-0.15, -0.1) is 6.42 Å². The molecule has 1 aromatic rings. The molecule has 0 amide bonds. The minimum atomic E-state index is -0.445. The Kier molecular flexibility index (Phi) is 4.10. The average Bonchev–Trinajstić information content (AvgIpc) is 2.28. The molecule has 0 aliphatic rings. The molecule has 1 aromatic carbocycles. The van der Waals surface area contributed by atoms with Crippen molar-refractivity contribution < 1.29 is 4.92 Å². The van der Waals surface area contributed by atoms with Gasteiger partial charge in [-0.1, -0.05) is 18.1 Å². The van der Waals surface area contributed by atoms with Gasteiger partial charge in [0.25, 0.3) is 5.69 Å². The summed E-state index contributed by atoms with van der Waals surface area (Å²) < 4.78 is 0. The van der Waals surface area contributed by atoms with E-state index in [2.05, 4.69) is 11.2 Å². The van der Waals surface area contributed by atoms with Crippen LogP contribution in [0.2, 0.25) is 0 Å². The van der Waals surface area contributed by atoms with Gasteiger partial charge in [0.2, 0.25) is 0 Å². The maximum absolute atomic E-state index is 10.9. The molecular weight excluding hydrogens is 228 g/mol. The summed E-state index contributed by atoms with van der Waals surface area (Å²) >= 11 is 0. The zero-order chi connectivity index (χ0) is 13.9. The fourth-order valence-corrected chi connectivity index (χ4v) is 1.76. The van der Waals surface area contributed by atoms with E-state index in [4.69, 9.17) is 6.42 Å². The molecule has 4 nitrogen and oxygen atoms in total. The zero-order valence-electron chi connectivity index (χ0n) is 11.2. The molecule has 1 rings (SSSR count). The van der Waals surface area contributed by atoms with E-state index in [1.165, 1.54) is 0 Å². The molecule has 0 saturated carbocycles. The maximum Gasteiger partial charge on any atom is 0.272 e. The Morgan fingerprint density at radius 1 is 1.50 bits per heavy atom. The van der Waals surface area contributed by atoms with Crippen LogP contribution in [0.25, 0.3) is 0 Å². The van der Waals surface area contributed by atoms with Crippen molar-refractivity contribution in [3.05, 3.63) is 39.4 Å². The largest absolute Gasteiger partial charge is 0.295 e. The molecule has 0 heterocycles. The first-order chi connectivity index (χ1) is 8.26. The highest BCUT2D eigenvalue weighted by Crippen LogP contribution is 2.24. The molecular formula is C14H18N2O2. The normalized spacial score (nSPS) is 12.8. The van der Waals surface area contributed by atoms with E-state index in [-0.39, 0.29) is 16.7 Å². The Bertz CT molecular complexity index is 501. The Hall–Kier alpha value is -1.86. The summed E-state index contributed by atoms with van der Waals surface area (Å²) in [6.07, 6.45) is 5.41. The standard InChI is InChI=1S/C14H18N2O2/c1-6-14(4,5)15-11(3)12-8-7-10(2)13(9-12)16(17)18/h1,7-9,11,15H,2-5H3. The minimum Gasteiger partial charge on any atom is -0.295 e. The first kappa shape index (κ1) is 14.2. The summed E-state index contributed by atoms with van der Waals surface area (Å²) in [5.74, 6) is 2.65. The van der Waals surface area contributed by atoms with Crippen molar-refractivity contribution in [1.29, 1.82) is 0 Å². The quantitative estimate of drug-likeness (QED) is 0.505. The molecule has 0 spiro atoms. The fraction of sp³-hybridized carbons (Fsp3) is 0.429. The van der Waals surface area contributed by atoms with Gasteiger partial charge in [0.05, 0.1) is 10.5 Å². The van der Waals surface area contributed by atoms with Crippen LogP contribution in [0.1, 0.15) is 37.9 Å². The third kappa shape index (κ3) is 3.31. The number of nitro groups is 1. The number of nitrogens with zero attached hydrogens (tertiary/aromatic N) is 1. The number of benzene rings is 1. The Labute approximate surface area is 108 Å². The topological polar surface area (TPSA) is 55.2 Å². The third-order valence-electron chi connectivity index (χ3n) is 2.87. The second-order valence-electron chi connectivity index (χ2n) is 4.94. The summed E-state index contributed by atoms with van der Waals surface area (Å²) in [5, 5.41) is 14.1. The van der Waals surface area contributed by atoms with Crippen LogP contribution >= 0.6 is 0 Å². The molecule has 4 heteroatoms. The second kappa shape index (κ2) is 5.19. The monoisotopic (exact) mass is 246 g/mol. The molecule has 1 unspecified atom stereocenters. The molecule has 18 heavy (non-hydrogen) atoms. The first-order valence-corrected chi connectivity index (χ1v) is 5.77. The summed E-state index contributed by atoms with van der Waals surface area (Å²) in [5.41, 5.74) is 1.21. The van der Waals surface area contributed by atoms with E-state index in [1.54, 1.807) is 19.1 Å². The second-order valence-corrected chi connectivity index (χ2v) is 4.94. The first-order valence-electron chi connectivity index (χ1n) is 5.77. The number of hydrogen-bond acceptors (Lipinski definition) is 3. The molecule has 0 saturated heterocycles. The van der Waals surface area contributed by atoms with Crippen LogP contribution < -0.4 is 5.32 Å². The van der Waals surface area contributed by atoms with Crippen molar-refractivity contribution in [3.8, 4) is 12.3 Å². The minimum absolute atomic E-state index is 0.0460. The smallest absolute Gasteiger partial charge is 0.272 e. The van der Waals surface area contributed by atoms with Gasteiger partial charge < -0.3 is 0 Å². The van der Waals surface area contributed by atoms with Gasteiger partial charge in [-0.25, -0.2) is 0 Å². The average molecular weight is 246 g/mol. The van der Waals surface area contributed by atoms with Crippen molar-refractivity contribution >= 4 is 5.69 Å². The van der Waals surface area contributed by atoms with E-state index >= 15 is 0 Å². The van der Waals surface area contributed by atoms with Gasteiger partial charge in [-0.05, 0) is 33.3 Å². The SMILES string of the molecule is C#CC(C)(C)NC(C)c1ccc(C)c([N+](=O)[O-])c1. The maximum atomic E-state index is 10.9. The Balaban J connectivity index is 3.01. The lowest BCUT2D eigenvalue weighted by atomic mass is 10.0. The van der Waals surface area contributed by atoms with E-state index in [1.807, 2.05) is 26.8 Å². The molecule has 96 valence electrons. The molecule has 0 bridgehead atoms. The van der Waals surface area contributed by atoms with E-state index in [0.29, 0.717) is 5.56 Å². The molecule has 1 N–H and O–H groups in total. The van der Waals surface area contributed by atoms with Gasteiger partial charge in [0, 0.05) is 17.7 Å². The summed E-state index contributed by atoms with van der Waals surface area (Å²) in [7, 11) is 0. The lowest BCUT2D eigenvalue weighted by molar-refractivity contribution is -0.385. The van der Waals surface area contributed by atoms with Crippen molar-refractivity contribution in [2.24, 2.45) is 0 Å². The van der Waals surface area contributed by atoms with Crippen LogP contribution in [0.15, 0.2) is 18.2 Å². The van der Waals surface area contributed by atoms with Crippen LogP contribution in [0.5, 0.6) is 0 Å². The number of nitro benzene ring substituents is 1. The molecule has 0 radical (unpaired) electrons. The van der Waals surface area contributed by atoms with Crippen LogP contribution in [-0.4, -0.2) is 10.5 Å². The van der Waals surface area contributed by atoms with Gasteiger partial charge in [0.1, 0.15) is 0 Å². The predicted octanol–water partition coefficient (Wildman–Crippen LogP) is 2.97. The molecule has 1 atom stereocenters. The molecule has 0 fully saturated rings. The van der Waals surface area contributed by atoms with Crippen LogP contribution in [0.3, 0.4) is 0 Å².